The predicted molar refractivity (Wildman–Crippen MR) is 56.8 cm³/mol. The van der Waals surface area contributed by atoms with Gasteiger partial charge >= 0.3 is 0 Å². The van der Waals surface area contributed by atoms with Gasteiger partial charge in [-0.15, -0.1) is 0 Å². The van der Waals surface area contributed by atoms with Crippen LogP contribution in [0.5, 0.6) is 0 Å². The van der Waals surface area contributed by atoms with Crippen LogP contribution in [0.3, 0.4) is 0 Å². The van der Waals surface area contributed by atoms with E-state index in [1.165, 1.54) is 0 Å². The molecule has 3 heteroatoms. The maximum Gasteiger partial charge on any atom is 0.0569 e. The first-order chi connectivity index (χ1) is 6.56. The third kappa shape index (κ3) is 2.69. The van der Waals surface area contributed by atoms with E-state index in [1.54, 1.807) is 6.92 Å². The van der Waals surface area contributed by atoms with Crippen molar-refractivity contribution in [1.82, 2.24) is 0 Å². The largest absolute Gasteiger partial charge is 0.393 e. The molecular formula is C11H23NO2. The van der Waals surface area contributed by atoms with Crippen molar-refractivity contribution in [3.63, 3.8) is 0 Å². The first-order valence-corrected chi connectivity index (χ1v) is 5.68. The van der Waals surface area contributed by atoms with Crippen LogP contribution in [-0.4, -0.2) is 28.5 Å². The van der Waals surface area contributed by atoms with Crippen molar-refractivity contribution in [1.29, 1.82) is 0 Å². The lowest BCUT2D eigenvalue weighted by molar-refractivity contribution is 0.0850. The molecule has 0 radical (unpaired) electrons. The Kier molecular flexibility index (Phi) is 4.35. The van der Waals surface area contributed by atoms with E-state index in [0.717, 1.165) is 25.7 Å². The lowest BCUT2D eigenvalue weighted by Gasteiger charge is -2.18. The molecule has 5 atom stereocenters. The van der Waals surface area contributed by atoms with E-state index < -0.39 is 0 Å². The smallest absolute Gasteiger partial charge is 0.0569 e. The Labute approximate surface area is 86.3 Å². The second-order valence-corrected chi connectivity index (χ2v) is 4.66. The topological polar surface area (TPSA) is 66.5 Å². The number of aliphatic hydroxyl groups is 2. The minimum absolute atomic E-state index is 0.0616. The standard InChI is InChI=1S/C11H23NO2/c1-3-4-11(14)8-5-9(7(2)13)10(12)6-8/h7-11,13-14H,3-6,12H2,1-2H3/t7-,8?,9?,10?,11?/m0/s1. The van der Waals surface area contributed by atoms with E-state index in [1.807, 2.05) is 0 Å². The molecule has 0 aromatic rings. The van der Waals surface area contributed by atoms with Gasteiger partial charge in [0.25, 0.3) is 0 Å². The van der Waals surface area contributed by atoms with Crippen molar-refractivity contribution in [2.24, 2.45) is 17.6 Å². The van der Waals surface area contributed by atoms with Gasteiger partial charge < -0.3 is 15.9 Å². The van der Waals surface area contributed by atoms with Crippen molar-refractivity contribution in [3.8, 4) is 0 Å². The van der Waals surface area contributed by atoms with Gasteiger partial charge in [0, 0.05) is 12.0 Å². The average Bonchev–Trinajstić information content (AvgIpc) is 2.48. The molecule has 0 aromatic carbocycles. The Morgan fingerprint density at radius 3 is 2.43 bits per heavy atom. The summed E-state index contributed by atoms with van der Waals surface area (Å²) < 4.78 is 0. The molecule has 4 N–H and O–H groups in total. The quantitative estimate of drug-likeness (QED) is 0.632. The van der Waals surface area contributed by atoms with Crippen LogP contribution in [0.1, 0.15) is 39.5 Å². The van der Waals surface area contributed by atoms with Crippen molar-refractivity contribution < 1.29 is 10.2 Å². The molecule has 1 saturated carbocycles. The van der Waals surface area contributed by atoms with Gasteiger partial charge in [0.15, 0.2) is 0 Å². The van der Waals surface area contributed by atoms with Gasteiger partial charge in [-0.05, 0) is 32.1 Å². The summed E-state index contributed by atoms with van der Waals surface area (Å²) in [5.41, 5.74) is 5.93. The fraction of sp³-hybridized carbons (Fsp3) is 1.00. The lowest BCUT2D eigenvalue weighted by atomic mass is 9.94. The monoisotopic (exact) mass is 201 g/mol. The molecule has 0 saturated heterocycles. The normalized spacial score (nSPS) is 37.1. The number of hydrogen-bond acceptors (Lipinski definition) is 3. The summed E-state index contributed by atoms with van der Waals surface area (Å²) >= 11 is 0. The zero-order valence-corrected chi connectivity index (χ0v) is 9.19. The van der Waals surface area contributed by atoms with Crippen LogP contribution < -0.4 is 5.73 Å². The average molecular weight is 201 g/mol. The third-order valence-electron chi connectivity index (χ3n) is 3.45. The van der Waals surface area contributed by atoms with Gasteiger partial charge in [0.05, 0.1) is 12.2 Å². The minimum Gasteiger partial charge on any atom is -0.393 e. The van der Waals surface area contributed by atoms with Gasteiger partial charge in [-0.25, -0.2) is 0 Å². The van der Waals surface area contributed by atoms with Gasteiger partial charge in [0.1, 0.15) is 0 Å². The lowest BCUT2D eigenvalue weighted by Crippen LogP contribution is -2.31. The number of nitrogens with two attached hydrogens (primary N) is 1. The van der Waals surface area contributed by atoms with Crippen LogP contribution in [0, 0.1) is 11.8 Å². The summed E-state index contributed by atoms with van der Waals surface area (Å²) in [5, 5.41) is 19.3. The Morgan fingerprint density at radius 1 is 1.36 bits per heavy atom. The molecule has 4 unspecified atom stereocenters. The molecule has 0 bridgehead atoms. The van der Waals surface area contributed by atoms with Gasteiger partial charge in [-0.3, -0.25) is 0 Å². The van der Waals surface area contributed by atoms with Crippen LogP contribution >= 0.6 is 0 Å². The molecule has 14 heavy (non-hydrogen) atoms. The van der Waals surface area contributed by atoms with Crippen LogP contribution in [-0.2, 0) is 0 Å². The molecule has 1 rings (SSSR count). The highest BCUT2D eigenvalue weighted by Crippen LogP contribution is 2.35. The van der Waals surface area contributed by atoms with E-state index in [4.69, 9.17) is 5.73 Å². The van der Waals surface area contributed by atoms with Gasteiger partial charge in [-0.1, -0.05) is 13.3 Å². The predicted octanol–water partition coefficient (Wildman–Crippen LogP) is 0.882. The van der Waals surface area contributed by atoms with Gasteiger partial charge in [-0.2, -0.15) is 0 Å². The van der Waals surface area contributed by atoms with Crippen LogP contribution in [0.25, 0.3) is 0 Å². The summed E-state index contributed by atoms with van der Waals surface area (Å²) in [5.74, 6) is 0.469. The highest BCUT2D eigenvalue weighted by molar-refractivity contribution is 4.91. The van der Waals surface area contributed by atoms with Gasteiger partial charge in [0.2, 0.25) is 0 Å². The second kappa shape index (κ2) is 5.10. The maximum atomic E-state index is 9.83. The second-order valence-electron chi connectivity index (χ2n) is 4.66. The first-order valence-electron chi connectivity index (χ1n) is 5.68. The number of rotatable bonds is 4. The zero-order chi connectivity index (χ0) is 10.7. The van der Waals surface area contributed by atoms with Crippen LogP contribution in [0.2, 0.25) is 0 Å². The molecule has 1 aliphatic rings. The molecule has 0 aromatic heterocycles. The van der Waals surface area contributed by atoms with E-state index in [2.05, 4.69) is 6.92 Å². The summed E-state index contributed by atoms with van der Waals surface area (Å²) in [6.07, 6.45) is 3.02. The van der Waals surface area contributed by atoms with E-state index in [-0.39, 0.29) is 24.2 Å². The highest BCUT2D eigenvalue weighted by atomic mass is 16.3. The third-order valence-corrected chi connectivity index (χ3v) is 3.45. The molecule has 1 fully saturated rings. The molecule has 1 aliphatic carbocycles. The van der Waals surface area contributed by atoms with Crippen molar-refractivity contribution in [3.05, 3.63) is 0 Å². The summed E-state index contributed by atoms with van der Waals surface area (Å²) in [6, 6.07) is 0.0616. The summed E-state index contributed by atoms with van der Waals surface area (Å²) in [4.78, 5) is 0. The minimum atomic E-state index is -0.344. The summed E-state index contributed by atoms with van der Waals surface area (Å²) in [7, 11) is 0. The van der Waals surface area contributed by atoms with Crippen molar-refractivity contribution in [2.45, 2.75) is 57.8 Å². The van der Waals surface area contributed by atoms with E-state index in [0.29, 0.717) is 5.92 Å². The Balaban J connectivity index is 2.45. The molecular weight excluding hydrogens is 178 g/mol. The first kappa shape index (κ1) is 12.0. The SMILES string of the molecule is CCCC(O)C1CC(N)C([C@H](C)O)C1. The van der Waals surface area contributed by atoms with E-state index >= 15 is 0 Å². The van der Waals surface area contributed by atoms with Crippen LogP contribution in [0.4, 0.5) is 0 Å². The molecule has 3 nitrogen and oxygen atoms in total. The molecule has 0 aliphatic heterocycles. The maximum absolute atomic E-state index is 9.83. The van der Waals surface area contributed by atoms with Crippen molar-refractivity contribution in [2.75, 3.05) is 0 Å². The Bertz CT molecular complexity index is 173. The van der Waals surface area contributed by atoms with Crippen LogP contribution in [0.15, 0.2) is 0 Å². The fourth-order valence-electron chi connectivity index (χ4n) is 2.55. The zero-order valence-electron chi connectivity index (χ0n) is 9.19. The van der Waals surface area contributed by atoms with Crippen molar-refractivity contribution >= 4 is 0 Å². The molecule has 84 valence electrons. The summed E-state index contributed by atoms with van der Waals surface area (Å²) in [6.45, 7) is 3.86. The molecule has 0 heterocycles. The molecule has 0 spiro atoms. The molecule has 0 amide bonds. The number of aliphatic hydroxyl groups excluding tert-OH is 2. The fourth-order valence-corrected chi connectivity index (χ4v) is 2.55. The van der Waals surface area contributed by atoms with E-state index in [9.17, 15) is 10.2 Å². The highest BCUT2D eigenvalue weighted by Gasteiger charge is 2.37. The Hall–Kier alpha value is -0.120. The Morgan fingerprint density at radius 2 is 2.00 bits per heavy atom. The number of hydrogen-bond donors (Lipinski definition) is 3.